The van der Waals surface area contributed by atoms with Gasteiger partial charge in [0.15, 0.2) is 0 Å². The molecule has 0 radical (unpaired) electrons. The van der Waals surface area contributed by atoms with Gasteiger partial charge in [0.2, 0.25) is 10.0 Å². The summed E-state index contributed by atoms with van der Waals surface area (Å²) in [5.41, 5.74) is 0.876. The largest absolute Gasteiger partial charge is 0.488 e. The lowest BCUT2D eigenvalue weighted by Crippen LogP contribution is -2.36. The van der Waals surface area contributed by atoms with Gasteiger partial charge in [0.05, 0.1) is 6.26 Å². The van der Waals surface area contributed by atoms with E-state index in [4.69, 9.17) is 4.74 Å². The van der Waals surface area contributed by atoms with Crippen molar-refractivity contribution < 1.29 is 17.5 Å². The van der Waals surface area contributed by atoms with Crippen molar-refractivity contribution >= 4 is 10.0 Å². The van der Waals surface area contributed by atoms with Crippen LogP contribution in [0.25, 0.3) is 0 Å². The van der Waals surface area contributed by atoms with Crippen LogP contribution in [-0.4, -0.2) is 40.4 Å². The number of rotatable bonds is 6. The minimum Gasteiger partial charge on any atom is -0.488 e. The van der Waals surface area contributed by atoms with Gasteiger partial charge in [-0.2, -0.15) is 0 Å². The first-order valence-electron chi connectivity index (χ1n) is 6.04. The Kier molecular flexibility index (Phi) is 4.38. The molecule has 0 spiro atoms. The fourth-order valence-electron chi connectivity index (χ4n) is 1.99. The molecule has 0 aliphatic carbocycles. The van der Waals surface area contributed by atoms with E-state index in [-0.39, 0.29) is 11.9 Å². The quantitative estimate of drug-likeness (QED) is 0.737. The average Bonchev–Trinajstić information content (AvgIpc) is 2.68. The van der Waals surface area contributed by atoms with E-state index in [2.05, 4.69) is 10.0 Å². The second-order valence-electron chi connectivity index (χ2n) is 4.57. The molecule has 1 aromatic rings. The number of hydrogen-bond acceptors (Lipinski definition) is 4. The van der Waals surface area contributed by atoms with Crippen LogP contribution in [0.2, 0.25) is 0 Å². The molecular weight excluding hydrogens is 271 g/mol. The molecule has 2 N–H and O–H groups in total. The highest BCUT2D eigenvalue weighted by molar-refractivity contribution is 7.88. The summed E-state index contributed by atoms with van der Waals surface area (Å²) in [5.74, 6) is 0.468. The maximum atomic E-state index is 13.0. The maximum Gasteiger partial charge on any atom is 0.208 e. The second-order valence-corrected chi connectivity index (χ2v) is 6.40. The van der Waals surface area contributed by atoms with Crippen molar-refractivity contribution in [3.05, 3.63) is 29.6 Å². The molecule has 1 heterocycles. The minimum atomic E-state index is -3.13. The van der Waals surface area contributed by atoms with Crippen LogP contribution < -0.4 is 14.8 Å². The van der Waals surface area contributed by atoms with Gasteiger partial charge in [0, 0.05) is 31.6 Å². The summed E-state index contributed by atoms with van der Waals surface area (Å²) in [6.45, 7) is 1.46. The first-order chi connectivity index (χ1) is 8.94. The Morgan fingerprint density at radius 1 is 1.42 bits per heavy atom. The van der Waals surface area contributed by atoms with Crippen molar-refractivity contribution in [1.82, 2.24) is 10.0 Å². The molecule has 0 saturated heterocycles. The summed E-state index contributed by atoms with van der Waals surface area (Å²) >= 11 is 0. The lowest BCUT2D eigenvalue weighted by molar-refractivity contribution is 0.228. The van der Waals surface area contributed by atoms with Crippen LogP contribution >= 0.6 is 0 Å². The number of halogens is 1. The summed E-state index contributed by atoms with van der Waals surface area (Å²) in [4.78, 5) is 0. The van der Waals surface area contributed by atoms with Gasteiger partial charge in [-0.3, -0.25) is 0 Å². The molecule has 0 saturated carbocycles. The van der Waals surface area contributed by atoms with E-state index in [1.807, 2.05) is 0 Å². The van der Waals surface area contributed by atoms with Crippen LogP contribution in [0, 0.1) is 5.82 Å². The van der Waals surface area contributed by atoms with E-state index in [0.717, 1.165) is 17.6 Å². The fourth-order valence-corrected chi connectivity index (χ4v) is 2.46. The Morgan fingerprint density at radius 2 is 2.21 bits per heavy atom. The zero-order valence-electron chi connectivity index (χ0n) is 10.6. The SMILES string of the molecule is CS(=O)(=O)NCCNCC1Cc2cc(F)ccc2O1. The smallest absolute Gasteiger partial charge is 0.208 e. The molecule has 1 unspecified atom stereocenters. The molecule has 2 rings (SSSR count). The third-order valence-corrected chi connectivity index (χ3v) is 3.53. The van der Waals surface area contributed by atoms with Crippen LogP contribution in [-0.2, 0) is 16.4 Å². The van der Waals surface area contributed by atoms with E-state index in [0.29, 0.717) is 26.1 Å². The van der Waals surface area contributed by atoms with Crippen molar-refractivity contribution in [2.24, 2.45) is 0 Å². The summed E-state index contributed by atoms with van der Waals surface area (Å²) in [6, 6.07) is 4.50. The van der Waals surface area contributed by atoms with Crippen molar-refractivity contribution in [1.29, 1.82) is 0 Å². The standard InChI is InChI=1S/C12H17FN2O3S/c1-19(16,17)15-5-4-14-8-11-7-9-6-10(13)2-3-12(9)18-11/h2-3,6,11,14-15H,4-5,7-8H2,1H3. The van der Waals surface area contributed by atoms with Gasteiger partial charge in [0.1, 0.15) is 17.7 Å². The highest BCUT2D eigenvalue weighted by Crippen LogP contribution is 2.28. The van der Waals surface area contributed by atoms with Crippen molar-refractivity contribution in [3.63, 3.8) is 0 Å². The topological polar surface area (TPSA) is 67.4 Å². The van der Waals surface area contributed by atoms with E-state index in [9.17, 15) is 12.8 Å². The molecule has 19 heavy (non-hydrogen) atoms. The van der Waals surface area contributed by atoms with Crippen LogP contribution in [0.5, 0.6) is 5.75 Å². The summed E-state index contributed by atoms with van der Waals surface area (Å²) < 4.78 is 42.7. The maximum absolute atomic E-state index is 13.0. The zero-order chi connectivity index (χ0) is 13.9. The third-order valence-electron chi connectivity index (χ3n) is 2.80. The first kappa shape index (κ1) is 14.2. The summed E-state index contributed by atoms with van der Waals surface area (Å²) in [6.07, 6.45) is 1.76. The van der Waals surface area contributed by atoms with Gasteiger partial charge in [-0.05, 0) is 18.2 Å². The van der Waals surface area contributed by atoms with E-state index in [1.165, 1.54) is 12.1 Å². The molecule has 1 atom stereocenters. The molecule has 1 aliphatic rings. The van der Waals surface area contributed by atoms with E-state index < -0.39 is 10.0 Å². The van der Waals surface area contributed by atoms with Gasteiger partial charge in [-0.15, -0.1) is 0 Å². The Balaban J connectivity index is 1.70. The van der Waals surface area contributed by atoms with Gasteiger partial charge in [-0.25, -0.2) is 17.5 Å². The molecule has 0 fully saturated rings. The van der Waals surface area contributed by atoms with Crippen LogP contribution in [0.4, 0.5) is 4.39 Å². The van der Waals surface area contributed by atoms with Crippen LogP contribution in [0.1, 0.15) is 5.56 Å². The molecule has 106 valence electrons. The molecule has 0 aromatic heterocycles. The molecule has 1 aromatic carbocycles. The minimum absolute atomic E-state index is 0.0324. The van der Waals surface area contributed by atoms with Crippen LogP contribution in [0.3, 0.4) is 0 Å². The Morgan fingerprint density at radius 3 is 2.95 bits per heavy atom. The fraction of sp³-hybridized carbons (Fsp3) is 0.500. The number of ether oxygens (including phenoxy) is 1. The Bertz CT molecular complexity index is 548. The number of hydrogen-bond donors (Lipinski definition) is 2. The lowest BCUT2D eigenvalue weighted by Gasteiger charge is -2.11. The monoisotopic (exact) mass is 288 g/mol. The Labute approximate surface area is 112 Å². The number of sulfonamides is 1. The molecule has 0 amide bonds. The predicted molar refractivity (Wildman–Crippen MR) is 70.2 cm³/mol. The van der Waals surface area contributed by atoms with Crippen molar-refractivity contribution in [3.8, 4) is 5.75 Å². The molecule has 5 nitrogen and oxygen atoms in total. The van der Waals surface area contributed by atoms with Gasteiger partial charge in [0.25, 0.3) is 0 Å². The highest BCUT2D eigenvalue weighted by Gasteiger charge is 2.22. The predicted octanol–water partition coefficient (Wildman–Crippen LogP) is 0.268. The van der Waals surface area contributed by atoms with Crippen molar-refractivity contribution in [2.75, 3.05) is 25.9 Å². The van der Waals surface area contributed by atoms with Gasteiger partial charge in [-0.1, -0.05) is 0 Å². The molecular formula is C12H17FN2O3S. The lowest BCUT2D eigenvalue weighted by atomic mass is 10.1. The van der Waals surface area contributed by atoms with E-state index in [1.54, 1.807) is 6.07 Å². The molecule has 1 aliphatic heterocycles. The molecule has 0 bridgehead atoms. The van der Waals surface area contributed by atoms with Gasteiger partial charge >= 0.3 is 0 Å². The van der Waals surface area contributed by atoms with E-state index >= 15 is 0 Å². The number of nitrogens with one attached hydrogen (secondary N) is 2. The third kappa shape index (κ3) is 4.45. The van der Waals surface area contributed by atoms with Crippen LogP contribution in [0.15, 0.2) is 18.2 Å². The highest BCUT2D eigenvalue weighted by atomic mass is 32.2. The van der Waals surface area contributed by atoms with Gasteiger partial charge < -0.3 is 10.1 Å². The number of fused-ring (bicyclic) bond motifs is 1. The van der Waals surface area contributed by atoms with Crippen molar-refractivity contribution in [2.45, 2.75) is 12.5 Å². The zero-order valence-corrected chi connectivity index (χ0v) is 11.5. The number of benzene rings is 1. The average molecular weight is 288 g/mol. The second kappa shape index (κ2) is 5.85. The molecule has 7 heteroatoms. The Hall–Kier alpha value is -1.18. The summed E-state index contributed by atoms with van der Waals surface area (Å²) in [5, 5.41) is 3.10. The normalized spacial score (nSPS) is 18.1. The summed E-state index contributed by atoms with van der Waals surface area (Å²) in [7, 11) is -3.13. The first-order valence-corrected chi connectivity index (χ1v) is 7.93.